The van der Waals surface area contributed by atoms with Gasteiger partial charge in [-0.3, -0.25) is 20.4 Å². The molecule has 0 radical (unpaired) electrons. The van der Waals surface area contributed by atoms with Gasteiger partial charge in [0, 0.05) is 0 Å². The first-order chi connectivity index (χ1) is 14.1. The molecule has 2 N–H and O–H groups in total. The van der Waals surface area contributed by atoms with Crippen LogP contribution in [0.4, 0.5) is 0 Å². The van der Waals surface area contributed by atoms with Crippen LogP contribution in [0.1, 0.15) is 12.5 Å². The first-order valence-electron chi connectivity index (χ1n) is 8.84. The second-order valence-electron chi connectivity index (χ2n) is 5.73. The summed E-state index contributed by atoms with van der Waals surface area (Å²) in [6.07, 6.45) is 3.82. The molecule has 2 aromatic carbocycles. The topological polar surface area (TPSA) is 95.1 Å². The number of carbonyl (C=O) groups excluding carboxylic acids is 2. The molecular formula is C21H24N2O6. The number of para-hydroxylation sites is 2. The van der Waals surface area contributed by atoms with Gasteiger partial charge in [-0.15, -0.1) is 0 Å². The fraction of sp³-hybridized carbons (Fsp3) is 0.238. The summed E-state index contributed by atoms with van der Waals surface area (Å²) in [5.74, 6) is 0.789. The van der Waals surface area contributed by atoms with Gasteiger partial charge < -0.3 is 18.9 Å². The molecule has 0 aliphatic heterocycles. The molecule has 8 heteroatoms. The number of allylic oxidation sites excluding steroid dienone is 1. The number of methoxy groups -OCH3 is 2. The number of hydrogen-bond donors (Lipinski definition) is 2. The number of carbonyl (C=O) groups is 2. The van der Waals surface area contributed by atoms with E-state index in [0.717, 1.165) is 5.56 Å². The Bertz CT molecular complexity index is 866. The molecule has 8 nitrogen and oxygen atoms in total. The van der Waals surface area contributed by atoms with Gasteiger partial charge in [-0.2, -0.15) is 0 Å². The van der Waals surface area contributed by atoms with Crippen molar-refractivity contribution in [2.75, 3.05) is 27.4 Å². The van der Waals surface area contributed by atoms with Crippen LogP contribution in [0.25, 0.3) is 6.08 Å². The molecular weight excluding hydrogens is 376 g/mol. The van der Waals surface area contributed by atoms with Gasteiger partial charge in [-0.05, 0) is 36.8 Å². The van der Waals surface area contributed by atoms with Crippen molar-refractivity contribution in [1.82, 2.24) is 10.9 Å². The molecule has 0 spiro atoms. The van der Waals surface area contributed by atoms with Crippen LogP contribution in [0.5, 0.6) is 23.0 Å². The fourth-order valence-corrected chi connectivity index (χ4v) is 2.34. The normalized spacial score (nSPS) is 10.3. The average Bonchev–Trinajstić information content (AvgIpc) is 2.75. The highest BCUT2D eigenvalue weighted by molar-refractivity contribution is 5.83. The molecule has 2 aromatic rings. The van der Waals surface area contributed by atoms with Crippen LogP contribution >= 0.6 is 0 Å². The van der Waals surface area contributed by atoms with Crippen LogP contribution in [-0.2, 0) is 9.59 Å². The molecule has 0 fully saturated rings. The lowest BCUT2D eigenvalue weighted by atomic mass is 10.2. The van der Waals surface area contributed by atoms with Gasteiger partial charge in [0.25, 0.3) is 11.8 Å². The maximum absolute atomic E-state index is 11.9. The molecule has 0 heterocycles. The number of benzene rings is 2. The van der Waals surface area contributed by atoms with Crippen molar-refractivity contribution in [1.29, 1.82) is 0 Å². The van der Waals surface area contributed by atoms with Crippen molar-refractivity contribution in [2.24, 2.45) is 0 Å². The Morgan fingerprint density at radius 2 is 1.38 bits per heavy atom. The van der Waals surface area contributed by atoms with Crippen LogP contribution in [-0.4, -0.2) is 39.2 Å². The lowest BCUT2D eigenvalue weighted by Gasteiger charge is -2.13. The van der Waals surface area contributed by atoms with E-state index in [9.17, 15) is 9.59 Å². The maximum Gasteiger partial charge on any atom is 0.276 e. The highest BCUT2D eigenvalue weighted by Gasteiger charge is 2.10. The van der Waals surface area contributed by atoms with Crippen LogP contribution < -0.4 is 29.8 Å². The molecule has 0 bridgehead atoms. The van der Waals surface area contributed by atoms with E-state index in [1.54, 1.807) is 36.4 Å². The average molecular weight is 400 g/mol. The van der Waals surface area contributed by atoms with Gasteiger partial charge in [-0.25, -0.2) is 0 Å². The molecule has 0 saturated carbocycles. The number of hydrogen-bond acceptors (Lipinski definition) is 6. The van der Waals surface area contributed by atoms with E-state index < -0.39 is 11.8 Å². The lowest BCUT2D eigenvalue weighted by molar-refractivity contribution is -0.131. The predicted octanol–water partition coefficient (Wildman–Crippen LogP) is 2.34. The minimum absolute atomic E-state index is 0.290. The largest absolute Gasteiger partial charge is 0.493 e. The molecule has 29 heavy (non-hydrogen) atoms. The third-order valence-electron chi connectivity index (χ3n) is 3.67. The molecule has 0 aliphatic carbocycles. The number of hydrazine groups is 1. The Balaban J connectivity index is 1.77. The van der Waals surface area contributed by atoms with E-state index in [4.69, 9.17) is 18.9 Å². The summed E-state index contributed by atoms with van der Waals surface area (Å²) in [5.41, 5.74) is 5.46. The second-order valence-corrected chi connectivity index (χ2v) is 5.73. The molecule has 0 unspecified atom stereocenters. The highest BCUT2D eigenvalue weighted by Crippen LogP contribution is 2.28. The zero-order valence-electron chi connectivity index (χ0n) is 16.6. The number of rotatable bonds is 9. The van der Waals surface area contributed by atoms with E-state index in [1.807, 2.05) is 25.1 Å². The molecule has 2 rings (SSSR count). The van der Waals surface area contributed by atoms with E-state index >= 15 is 0 Å². The minimum Gasteiger partial charge on any atom is -0.493 e. The van der Waals surface area contributed by atoms with Crippen LogP contribution in [0.15, 0.2) is 48.5 Å². The SMILES string of the molecule is C/C=C/c1ccc(OCC(=O)NNC(=O)COc2ccccc2OC)c(OC)c1. The van der Waals surface area contributed by atoms with Crippen molar-refractivity contribution < 1.29 is 28.5 Å². The maximum atomic E-state index is 11.9. The molecule has 0 aromatic heterocycles. The van der Waals surface area contributed by atoms with Gasteiger partial charge >= 0.3 is 0 Å². The second kappa shape index (κ2) is 11.2. The number of ether oxygens (including phenoxy) is 4. The summed E-state index contributed by atoms with van der Waals surface area (Å²) < 4.78 is 21.2. The quantitative estimate of drug-likeness (QED) is 0.628. The standard InChI is InChI=1S/C21H24N2O6/c1-4-7-15-10-11-18(19(12-15)27-3)29-14-21(25)23-22-20(24)13-28-17-9-6-5-8-16(17)26-2/h4-12H,13-14H2,1-3H3,(H,22,24)(H,23,25)/b7-4+. The van der Waals surface area contributed by atoms with Gasteiger partial charge in [0.15, 0.2) is 36.2 Å². The third kappa shape index (κ3) is 6.76. The van der Waals surface area contributed by atoms with E-state index in [0.29, 0.717) is 23.0 Å². The summed E-state index contributed by atoms with van der Waals surface area (Å²) in [7, 11) is 3.02. The van der Waals surface area contributed by atoms with Crippen molar-refractivity contribution in [3.63, 3.8) is 0 Å². The van der Waals surface area contributed by atoms with E-state index in [2.05, 4.69) is 10.9 Å². The highest BCUT2D eigenvalue weighted by atomic mass is 16.5. The predicted molar refractivity (Wildman–Crippen MR) is 108 cm³/mol. The van der Waals surface area contributed by atoms with Crippen molar-refractivity contribution in [3.8, 4) is 23.0 Å². The first-order valence-corrected chi connectivity index (χ1v) is 8.84. The van der Waals surface area contributed by atoms with E-state index in [1.165, 1.54) is 14.2 Å². The Labute approximate surface area is 169 Å². The van der Waals surface area contributed by atoms with Gasteiger partial charge in [-0.1, -0.05) is 30.4 Å². The lowest BCUT2D eigenvalue weighted by Crippen LogP contribution is -2.45. The summed E-state index contributed by atoms with van der Waals surface area (Å²) in [6.45, 7) is 1.33. The van der Waals surface area contributed by atoms with Crippen molar-refractivity contribution in [3.05, 3.63) is 54.1 Å². The smallest absolute Gasteiger partial charge is 0.276 e. The zero-order chi connectivity index (χ0) is 21.1. The summed E-state index contributed by atoms with van der Waals surface area (Å²) in [5, 5.41) is 0. The molecule has 0 aliphatic rings. The minimum atomic E-state index is -0.532. The Morgan fingerprint density at radius 1 is 0.828 bits per heavy atom. The third-order valence-corrected chi connectivity index (χ3v) is 3.67. The monoisotopic (exact) mass is 400 g/mol. The van der Waals surface area contributed by atoms with E-state index in [-0.39, 0.29) is 13.2 Å². The Morgan fingerprint density at radius 3 is 1.93 bits per heavy atom. The Kier molecular flexibility index (Phi) is 8.37. The van der Waals surface area contributed by atoms with Gasteiger partial charge in [0.2, 0.25) is 0 Å². The summed E-state index contributed by atoms with van der Waals surface area (Å²) in [6, 6.07) is 12.3. The molecule has 2 amide bonds. The number of amides is 2. The van der Waals surface area contributed by atoms with Gasteiger partial charge in [0.05, 0.1) is 14.2 Å². The van der Waals surface area contributed by atoms with Crippen LogP contribution in [0, 0.1) is 0 Å². The first kappa shape index (κ1) is 21.6. The number of nitrogens with one attached hydrogen (secondary N) is 2. The van der Waals surface area contributed by atoms with Crippen LogP contribution in [0.2, 0.25) is 0 Å². The molecule has 0 saturated heterocycles. The zero-order valence-corrected chi connectivity index (χ0v) is 16.6. The fourth-order valence-electron chi connectivity index (χ4n) is 2.34. The van der Waals surface area contributed by atoms with Crippen molar-refractivity contribution >= 4 is 17.9 Å². The molecule has 0 atom stereocenters. The van der Waals surface area contributed by atoms with Gasteiger partial charge in [0.1, 0.15) is 0 Å². The van der Waals surface area contributed by atoms with Crippen LogP contribution in [0.3, 0.4) is 0 Å². The summed E-state index contributed by atoms with van der Waals surface area (Å²) in [4.78, 5) is 23.7. The van der Waals surface area contributed by atoms with Crippen molar-refractivity contribution in [2.45, 2.75) is 6.92 Å². The summed E-state index contributed by atoms with van der Waals surface area (Å²) >= 11 is 0. The molecule has 154 valence electrons. The Hall–Kier alpha value is -3.68.